The minimum atomic E-state index is -2.94. The minimum Gasteiger partial charge on any atom is -0.485 e. The maximum absolute atomic E-state index is 12.7. The van der Waals surface area contributed by atoms with Crippen molar-refractivity contribution in [3.8, 4) is 5.75 Å². The van der Waals surface area contributed by atoms with E-state index in [1.165, 1.54) is 15.4 Å². The topological polar surface area (TPSA) is 34.1 Å². The molecule has 1 heterocycles. The lowest BCUT2D eigenvalue weighted by atomic mass is 10.1. The van der Waals surface area contributed by atoms with Crippen molar-refractivity contribution in [2.45, 2.75) is 25.2 Å². The van der Waals surface area contributed by atoms with Gasteiger partial charge in [0.05, 0.1) is 11.9 Å². The molecule has 1 aromatic heterocycles. The third kappa shape index (κ3) is 6.02. The average molecular weight is 359 g/mol. The molecule has 0 aliphatic heterocycles. The number of halogens is 3. The van der Waals surface area contributed by atoms with Gasteiger partial charge in [-0.15, -0.1) is 0 Å². The first kappa shape index (κ1) is 18.1. The van der Waals surface area contributed by atoms with Gasteiger partial charge in [-0.25, -0.2) is 0 Å². The van der Waals surface area contributed by atoms with Crippen LogP contribution in [0.15, 0.2) is 42.6 Å². The molecule has 23 heavy (non-hydrogen) atoms. The maximum atomic E-state index is 12.7. The quantitative estimate of drug-likeness (QED) is 0.743. The number of nitrogens with zero attached hydrogens (tertiary/aromatic N) is 1. The zero-order chi connectivity index (χ0) is 16.9. The van der Waals surface area contributed by atoms with Crippen LogP contribution in [-0.4, -0.2) is 17.3 Å². The smallest absolute Gasteiger partial charge is 0.292 e. The van der Waals surface area contributed by atoms with E-state index in [0.717, 1.165) is 11.3 Å². The molecule has 0 amide bonds. The summed E-state index contributed by atoms with van der Waals surface area (Å²) in [6.07, 6.45) is 1.44. The Kier molecular flexibility index (Phi) is 6.28. The van der Waals surface area contributed by atoms with Crippen LogP contribution >= 0.6 is 20.8 Å². The van der Waals surface area contributed by atoms with Crippen LogP contribution in [0.4, 0.5) is 8.78 Å². The van der Waals surface area contributed by atoms with E-state index in [0.29, 0.717) is 17.3 Å². The first-order chi connectivity index (χ1) is 10.8. The van der Waals surface area contributed by atoms with Crippen molar-refractivity contribution in [3.05, 3.63) is 58.9 Å². The molecular weight excluding hydrogens is 341 g/mol. The molecule has 2 rings (SSSR count). The molecule has 0 fully saturated rings. The van der Waals surface area contributed by atoms with Gasteiger partial charge >= 0.3 is 0 Å². The summed E-state index contributed by atoms with van der Waals surface area (Å²) in [7, 11) is 1.44. The summed E-state index contributed by atoms with van der Waals surface area (Å²) in [5.74, 6) is 0.314. The van der Waals surface area contributed by atoms with Crippen LogP contribution in [0.3, 0.4) is 0 Å². The van der Waals surface area contributed by atoms with Crippen molar-refractivity contribution < 1.29 is 13.5 Å². The first-order valence-electron chi connectivity index (χ1n) is 7.07. The fourth-order valence-electron chi connectivity index (χ4n) is 1.92. The van der Waals surface area contributed by atoms with E-state index < -0.39 is 12.3 Å². The molecule has 2 unspecified atom stereocenters. The Morgan fingerprint density at radius 1 is 1.30 bits per heavy atom. The van der Waals surface area contributed by atoms with Gasteiger partial charge in [0.1, 0.15) is 5.75 Å². The highest BCUT2D eigenvalue weighted by atomic mass is 35.5. The largest absolute Gasteiger partial charge is 0.485 e. The molecule has 1 N–H and O–H groups in total. The molecule has 0 radical (unpaired) electrons. The Morgan fingerprint density at radius 2 is 2.04 bits per heavy atom. The third-order valence-electron chi connectivity index (χ3n) is 3.19. The first-order valence-corrected chi connectivity index (χ1v) is 8.03. The van der Waals surface area contributed by atoms with Gasteiger partial charge in [-0.1, -0.05) is 39.0 Å². The Bertz CT molecular complexity index is 635. The zero-order valence-corrected chi connectivity index (χ0v) is 14.5. The van der Waals surface area contributed by atoms with Crippen LogP contribution < -0.4 is 10.1 Å². The normalized spacial score (nSPS) is 12.9. The van der Waals surface area contributed by atoms with Gasteiger partial charge in [0.15, 0.2) is 6.61 Å². The van der Waals surface area contributed by atoms with E-state index in [-0.39, 0.29) is 6.04 Å². The molecule has 3 nitrogen and oxygen atoms in total. The highest BCUT2D eigenvalue weighted by molar-refractivity contribution is 7.18. The van der Waals surface area contributed by atoms with E-state index in [4.69, 9.17) is 16.3 Å². The molecule has 7 heteroatoms. The minimum absolute atomic E-state index is 0.0107. The van der Waals surface area contributed by atoms with Gasteiger partial charge in [0, 0.05) is 17.6 Å². The van der Waals surface area contributed by atoms with Crippen molar-refractivity contribution >= 4 is 20.8 Å². The number of benzene rings is 1. The van der Waals surface area contributed by atoms with Crippen LogP contribution in [0, 0.1) is 0 Å². The number of pyridine rings is 1. The van der Waals surface area contributed by atoms with E-state index in [1.54, 1.807) is 12.1 Å². The molecule has 0 saturated carbocycles. The van der Waals surface area contributed by atoms with Crippen LogP contribution in [0.25, 0.3) is 0 Å². The summed E-state index contributed by atoms with van der Waals surface area (Å²) >= 11 is 6.11. The fraction of sp³-hybridized carbons (Fsp3) is 0.312. The fourth-order valence-corrected chi connectivity index (χ4v) is 2.21. The molecule has 0 bridgehead atoms. The number of rotatable bonds is 7. The molecule has 1 aromatic carbocycles. The van der Waals surface area contributed by atoms with Crippen molar-refractivity contribution in [2.24, 2.45) is 0 Å². The van der Waals surface area contributed by atoms with E-state index in [9.17, 15) is 8.78 Å². The Hall–Kier alpha value is -1.29. The summed E-state index contributed by atoms with van der Waals surface area (Å²) in [6, 6.07) is 11.0. The predicted molar refractivity (Wildman–Crippen MR) is 91.1 cm³/mol. The average Bonchev–Trinajstić information content (AvgIpc) is 2.52. The standard InChI is InChI=1S/C16H18ClF2N2OP/c1-11(20-8-12-4-2-3-5-14(12)17)15-7-6-13(9-21-15)22-10-16(18,19)23/h2-7,9,11,20H,8,10,23H2,1H3. The van der Waals surface area contributed by atoms with Gasteiger partial charge in [0.25, 0.3) is 5.66 Å². The summed E-state index contributed by atoms with van der Waals surface area (Å²) in [4.78, 5) is 4.24. The number of ether oxygens (including phenoxy) is 1. The van der Waals surface area contributed by atoms with Crippen LogP contribution in [0.2, 0.25) is 5.02 Å². The summed E-state index contributed by atoms with van der Waals surface area (Å²) in [5.41, 5.74) is -1.15. The second-order valence-electron chi connectivity index (χ2n) is 5.16. The summed E-state index contributed by atoms with van der Waals surface area (Å²) in [5, 5.41) is 4.03. The summed E-state index contributed by atoms with van der Waals surface area (Å²) in [6.45, 7) is 1.88. The second-order valence-corrected chi connectivity index (χ2v) is 6.41. The number of hydrogen-bond acceptors (Lipinski definition) is 3. The lowest BCUT2D eigenvalue weighted by molar-refractivity contribution is 0.0460. The number of alkyl halides is 2. The number of aromatic nitrogens is 1. The molecule has 0 spiro atoms. The van der Waals surface area contributed by atoms with Gasteiger partial charge in [-0.2, -0.15) is 8.78 Å². The second kappa shape index (κ2) is 8.00. The monoisotopic (exact) mass is 358 g/mol. The molecule has 0 aliphatic carbocycles. The Balaban J connectivity index is 1.90. The van der Waals surface area contributed by atoms with E-state index in [2.05, 4.69) is 10.3 Å². The Morgan fingerprint density at radius 3 is 2.65 bits per heavy atom. The van der Waals surface area contributed by atoms with E-state index >= 15 is 0 Å². The third-order valence-corrected chi connectivity index (χ3v) is 3.73. The molecule has 2 aromatic rings. The Labute approximate surface area is 141 Å². The molecule has 0 aliphatic rings. The number of hydrogen-bond donors (Lipinski definition) is 1. The zero-order valence-electron chi connectivity index (χ0n) is 12.6. The highest BCUT2D eigenvalue weighted by Gasteiger charge is 2.22. The van der Waals surface area contributed by atoms with Gasteiger partial charge in [-0.3, -0.25) is 4.98 Å². The molecule has 0 saturated heterocycles. The van der Waals surface area contributed by atoms with Crippen molar-refractivity contribution in [2.75, 3.05) is 6.61 Å². The SMILES string of the molecule is CC(NCc1ccccc1Cl)c1ccc(OCC(F)(F)P)cn1. The van der Waals surface area contributed by atoms with Crippen LogP contribution in [-0.2, 0) is 6.54 Å². The molecular formula is C16H18ClF2N2OP. The number of nitrogens with one attached hydrogen (secondary N) is 1. The van der Waals surface area contributed by atoms with Crippen molar-refractivity contribution in [3.63, 3.8) is 0 Å². The van der Waals surface area contributed by atoms with Crippen LogP contribution in [0.1, 0.15) is 24.2 Å². The van der Waals surface area contributed by atoms with Crippen LogP contribution in [0.5, 0.6) is 5.75 Å². The molecule has 2 atom stereocenters. The molecule has 124 valence electrons. The van der Waals surface area contributed by atoms with Gasteiger partial charge in [0.2, 0.25) is 0 Å². The summed E-state index contributed by atoms with van der Waals surface area (Å²) < 4.78 is 30.4. The van der Waals surface area contributed by atoms with Crippen molar-refractivity contribution in [1.29, 1.82) is 0 Å². The van der Waals surface area contributed by atoms with Gasteiger partial charge < -0.3 is 10.1 Å². The highest BCUT2D eigenvalue weighted by Crippen LogP contribution is 2.24. The van der Waals surface area contributed by atoms with Gasteiger partial charge in [-0.05, 0) is 30.7 Å². The van der Waals surface area contributed by atoms with Crippen molar-refractivity contribution in [1.82, 2.24) is 10.3 Å². The maximum Gasteiger partial charge on any atom is 0.292 e. The lowest BCUT2D eigenvalue weighted by Gasteiger charge is -2.15. The van der Waals surface area contributed by atoms with E-state index in [1.807, 2.05) is 31.2 Å². The lowest BCUT2D eigenvalue weighted by Crippen LogP contribution is -2.19. The predicted octanol–water partition coefficient (Wildman–Crippen LogP) is 4.43.